The molecule has 2 atom stereocenters. The molecule has 0 aliphatic heterocycles. The number of esters is 2. The summed E-state index contributed by atoms with van der Waals surface area (Å²) in [7, 11) is 5.37. The smallest absolute Gasteiger partial charge is 0.306 e. The maximum absolute atomic E-state index is 12.6. The van der Waals surface area contributed by atoms with Crippen LogP contribution in [-0.4, -0.2) is 75.5 Å². The Kier molecular flexibility index (Phi) is 29.4. The van der Waals surface area contributed by atoms with Gasteiger partial charge in [-0.2, -0.15) is 0 Å². The first-order valence-corrected chi connectivity index (χ1v) is 18.3. The molecule has 0 aromatic rings. The number of unbranched alkanes of at least 4 members (excludes halogenated alkanes) is 7. The van der Waals surface area contributed by atoms with Gasteiger partial charge in [-0.25, -0.2) is 0 Å². The number of carboxylic acids is 1. The number of carbonyl (C=O) groups excluding carboxylic acids is 3. The van der Waals surface area contributed by atoms with E-state index in [0.29, 0.717) is 19.3 Å². The molecule has 0 bridgehead atoms. The molecule has 0 heterocycles. The van der Waals surface area contributed by atoms with Gasteiger partial charge >= 0.3 is 11.9 Å². The predicted octanol–water partition coefficient (Wildman–Crippen LogP) is 7.74. The van der Waals surface area contributed by atoms with Crippen molar-refractivity contribution in [3.8, 4) is 0 Å². The largest absolute Gasteiger partial charge is 0.544 e. The van der Waals surface area contributed by atoms with Crippen molar-refractivity contribution in [3.63, 3.8) is 0 Å². The van der Waals surface area contributed by atoms with Crippen LogP contribution in [-0.2, 0) is 28.6 Å². The Morgan fingerprint density at radius 1 is 0.625 bits per heavy atom. The average molecular weight is 674 g/mol. The second-order valence-electron chi connectivity index (χ2n) is 13.0. The molecule has 0 saturated carbocycles. The molecule has 48 heavy (non-hydrogen) atoms. The van der Waals surface area contributed by atoms with E-state index in [2.05, 4.69) is 74.6 Å². The number of allylic oxidation sites excluding steroid dienone is 10. The highest BCUT2D eigenvalue weighted by molar-refractivity contribution is 5.70. The predicted molar refractivity (Wildman–Crippen MR) is 194 cm³/mol. The SMILES string of the molecule is CC/C=C/C/C=C/C/C=C/CCCCC(=O)OCC(COCCC(C(=O)[O-])[N+](C)(C)C)OC(=O)CCCCCCC/C=C/C/C=C/CC. The number of hydrogen-bond acceptors (Lipinski definition) is 7. The van der Waals surface area contributed by atoms with Crippen molar-refractivity contribution < 1.29 is 38.2 Å². The molecule has 0 rings (SSSR count). The minimum absolute atomic E-state index is 0.0197. The van der Waals surface area contributed by atoms with E-state index in [0.717, 1.165) is 83.5 Å². The van der Waals surface area contributed by atoms with Crippen LogP contribution in [0.4, 0.5) is 0 Å². The third-order valence-electron chi connectivity index (χ3n) is 7.65. The number of ether oxygens (including phenoxy) is 3. The van der Waals surface area contributed by atoms with Crippen molar-refractivity contribution >= 4 is 17.9 Å². The molecule has 2 unspecified atom stereocenters. The first-order valence-electron chi connectivity index (χ1n) is 18.3. The molecule has 0 aliphatic rings. The molecule has 0 fully saturated rings. The Labute approximate surface area is 292 Å². The molecule has 0 spiro atoms. The second kappa shape index (κ2) is 31.3. The summed E-state index contributed by atoms with van der Waals surface area (Å²) in [5, 5.41) is 11.6. The van der Waals surface area contributed by atoms with Crippen LogP contribution in [0.1, 0.15) is 123 Å². The number of carboxylic acid groups (broad SMARTS) is 1. The van der Waals surface area contributed by atoms with Gasteiger partial charge in [0.1, 0.15) is 12.6 Å². The van der Waals surface area contributed by atoms with Crippen LogP contribution in [0.15, 0.2) is 60.8 Å². The summed E-state index contributed by atoms with van der Waals surface area (Å²) in [4.78, 5) is 36.6. The van der Waals surface area contributed by atoms with Gasteiger partial charge in [-0.3, -0.25) is 9.59 Å². The Morgan fingerprint density at radius 2 is 1.10 bits per heavy atom. The van der Waals surface area contributed by atoms with Crippen molar-refractivity contribution in [1.82, 2.24) is 0 Å². The molecule has 0 aromatic carbocycles. The Morgan fingerprint density at radius 3 is 1.67 bits per heavy atom. The quantitative estimate of drug-likeness (QED) is 0.0321. The molecule has 0 amide bonds. The number of hydrogen-bond donors (Lipinski definition) is 0. The van der Waals surface area contributed by atoms with E-state index < -0.39 is 18.1 Å². The fraction of sp³-hybridized carbons (Fsp3) is 0.675. The highest BCUT2D eigenvalue weighted by atomic mass is 16.6. The van der Waals surface area contributed by atoms with Gasteiger partial charge in [0, 0.05) is 19.3 Å². The van der Waals surface area contributed by atoms with Crippen LogP contribution in [0, 0.1) is 0 Å². The summed E-state index contributed by atoms with van der Waals surface area (Å²) in [6.07, 6.45) is 35.4. The third kappa shape index (κ3) is 29.2. The molecule has 0 aliphatic carbocycles. The summed E-state index contributed by atoms with van der Waals surface area (Å²) in [5.41, 5.74) is 0. The molecule has 0 saturated heterocycles. The summed E-state index contributed by atoms with van der Waals surface area (Å²) >= 11 is 0. The van der Waals surface area contributed by atoms with Gasteiger partial charge in [0.25, 0.3) is 0 Å². The van der Waals surface area contributed by atoms with Gasteiger partial charge in [-0.05, 0) is 70.6 Å². The minimum Gasteiger partial charge on any atom is -0.544 e. The lowest BCUT2D eigenvalue weighted by molar-refractivity contribution is -0.889. The number of likely N-dealkylation sites (N-methyl/N-ethyl adjacent to an activating group) is 1. The maximum Gasteiger partial charge on any atom is 0.306 e. The van der Waals surface area contributed by atoms with E-state index in [-0.39, 0.29) is 42.7 Å². The van der Waals surface area contributed by atoms with E-state index in [1.165, 1.54) is 0 Å². The highest BCUT2D eigenvalue weighted by Crippen LogP contribution is 2.11. The average Bonchev–Trinajstić information content (AvgIpc) is 3.03. The van der Waals surface area contributed by atoms with Gasteiger partial charge in [-0.15, -0.1) is 0 Å². The van der Waals surface area contributed by atoms with Crippen molar-refractivity contribution in [1.29, 1.82) is 0 Å². The van der Waals surface area contributed by atoms with Crippen molar-refractivity contribution in [2.45, 2.75) is 135 Å². The Hall–Kier alpha value is -2.97. The number of nitrogens with zero attached hydrogens (tertiary/aromatic N) is 1. The first-order chi connectivity index (χ1) is 23.1. The zero-order valence-electron chi connectivity index (χ0n) is 30.9. The Balaban J connectivity index is 4.54. The van der Waals surface area contributed by atoms with E-state index in [1.54, 1.807) is 21.1 Å². The van der Waals surface area contributed by atoms with Gasteiger partial charge in [0.2, 0.25) is 0 Å². The number of carbonyl (C=O) groups is 3. The molecule has 0 radical (unpaired) electrons. The molecular formula is C40H67NO7. The fourth-order valence-electron chi connectivity index (χ4n) is 4.83. The van der Waals surface area contributed by atoms with Crippen molar-refractivity contribution in [3.05, 3.63) is 60.8 Å². The number of aliphatic carboxylic acids is 1. The highest BCUT2D eigenvalue weighted by Gasteiger charge is 2.25. The van der Waals surface area contributed by atoms with Crippen LogP contribution < -0.4 is 5.11 Å². The van der Waals surface area contributed by atoms with Crippen LogP contribution >= 0.6 is 0 Å². The number of rotatable bonds is 31. The Bertz CT molecular complexity index is 975. The van der Waals surface area contributed by atoms with Crippen molar-refractivity contribution in [2.24, 2.45) is 0 Å². The van der Waals surface area contributed by atoms with E-state index in [9.17, 15) is 19.5 Å². The third-order valence-corrected chi connectivity index (χ3v) is 7.65. The molecular weight excluding hydrogens is 606 g/mol. The summed E-state index contributed by atoms with van der Waals surface area (Å²) < 4.78 is 17.0. The van der Waals surface area contributed by atoms with Crippen LogP contribution in [0.25, 0.3) is 0 Å². The van der Waals surface area contributed by atoms with Crippen LogP contribution in [0.2, 0.25) is 0 Å². The maximum atomic E-state index is 12.6. The zero-order valence-corrected chi connectivity index (χ0v) is 30.9. The lowest BCUT2D eigenvalue weighted by Gasteiger charge is -2.34. The molecule has 8 heteroatoms. The van der Waals surface area contributed by atoms with E-state index >= 15 is 0 Å². The second-order valence-corrected chi connectivity index (χ2v) is 13.0. The van der Waals surface area contributed by atoms with Crippen LogP contribution in [0.3, 0.4) is 0 Å². The van der Waals surface area contributed by atoms with Crippen molar-refractivity contribution in [2.75, 3.05) is 41.0 Å². The topological polar surface area (TPSA) is 102 Å². The monoisotopic (exact) mass is 673 g/mol. The molecule has 0 N–H and O–H groups in total. The van der Waals surface area contributed by atoms with Gasteiger partial charge in [0.15, 0.2) is 6.10 Å². The van der Waals surface area contributed by atoms with Gasteiger partial charge in [-0.1, -0.05) is 93.9 Å². The first kappa shape index (κ1) is 45.0. The summed E-state index contributed by atoms with van der Waals surface area (Å²) in [6.45, 7) is 4.34. The van der Waals surface area contributed by atoms with E-state index in [1.807, 2.05) is 0 Å². The summed E-state index contributed by atoms with van der Waals surface area (Å²) in [6, 6.07) is -0.734. The minimum atomic E-state index is -1.14. The summed E-state index contributed by atoms with van der Waals surface area (Å²) in [5.74, 6) is -1.82. The molecule has 8 nitrogen and oxygen atoms in total. The van der Waals surface area contributed by atoms with Gasteiger partial charge in [0.05, 0.1) is 40.3 Å². The molecule has 0 aromatic heterocycles. The van der Waals surface area contributed by atoms with E-state index in [4.69, 9.17) is 14.2 Å². The lowest BCUT2D eigenvalue weighted by atomic mass is 10.1. The fourth-order valence-corrected chi connectivity index (χ4v) is 4.83. The normalized spacial score (nSPS) is 13.8. The lowest BCUT2D eigenvalue weighted by Crippen LogP contribution is -2.55. The van der Waals surface area contributed by atoms with Crippen LogP contribution in [0.5, 0.6) is 0 Å². The zero-order chi connectivity index (χ0) is 35.7. The number of quaternary nitrogens is 1. The van der Waals surface area contributed by atoms with Gasteiger partial charge < -0.3 is 28.6 Å². The standard InChI is InChI=1S/C40H67NO7/c1-6-8-10-12-14-16-18-20-22-24-26-28-30-38(42)47-35-36(34-46-33-32-37(40(44)45)41(3,4)5)48-39(43)31-29-27-25-23-21-19-17-15-13-11-9-7-2/h8-11,14-17,20,22,36-37H,6-7,12-13,18-19,21,23-35H2,1-5H3/b10-8+,11-9+,16-14+,17-15+,22-20+. The molecule has 274 valence electrons.